The molecule has 0 bridgehead atoms. The average Bonchev–Trinajstić information content (AvgIpc) is 3.15. The maximum atomic E-state index is 12.6. The Hall–Kier alpha value is -2.67. The van der Waals surface area contributed by atoms with Crippen LogP contribution < -0.4 is 4.72 Å². The van der Waals surface area contributed by atoms with Crippen molar-refractivity contribution in [2.24, 2.45) is 0 Å². The molecule has 0 aliphatic heterocycles. The quantitative estimate of drug-likeness (QED) is 0.689. The number of hydrogen-bond acceptors (Lipinski definition) is 4. The van der Waals surface area contributed by atoms with Crippen molar-refractivity contribution in [3.05, 3.63) is 72.3 Å². The molecule has 2 aromatic carbocycles. The van der Waals surface area contributed by atoms with Gasteiger partial charge in [-0.1, -0.05) is 38.1 Å². The van der Waals surface area contributed by atoms with Gasteiger partial charge in [-0.3, -0.25) is 4.72 Å². The summed E-state index contributed by atoms with van der Waals surface area (Å²) in [7, 11) is -3.60. The van der Waals surface area contributed by atoms with E-state index in [1.807, 2.05) is 24.3 Å². The Morgan fingerprint density at radius 2 is 1.77 bits per heavy atom. The highest BCUT2D eigenvalue weighted by Gasteiger charge is 2.14. The Balaban J connectivity index is 1.70. The van der Waals surface area contributed by atoms with E-state index in [0.29, 0.717) is 18.2 Å². The van der Waals surface area contributed by atoms with Gasteiger partial charge in [-0.05, 0) is 47.7 Å². The van der Waals surface area contributed by atoms with E-state index in [-0.39, 0.29) is 4.90 Å². The molecule has 0 radical (unpaired) electrons. The number of nitrogens with zero attached hydrogens (tertiary/aromatic N) is 3. The Morgan fingerprint density at radius 1 is 1.08 bits per heavy atom. The van der Waals surface area contributed by atoms with E-state index in [2.05, 4.69) is 28.7 Å². The van der Waals surface area contributed by atoms with Gasteiger partial charge in [-0.25, -0.2) is 18.1 Å². The SMILES string of the molecule is CCC(C)c1ccc(S(=O)(=O)Nc2ccc(Cn3cncn3)cc2)cc1. The van der Waals surface area contributed by atoms with E-state index < -0.39 is 10.0 Å². The minimum absolute atomic E-state index is 0.260. The van der Waals surface area contributed by atoms with Gasteiger partial charge in [0.25, 0.3) is 10.0 Å². The summed E-state index contributed by atoms with van der Waals surface area (Å²) < 4.78 is 29.4. The maximum Gasteiger partial charge on any atom is 0.261 e. The third kappa shape index (κ3) is 4.29. The van der Waals surface area contributed by atoms with Gasteiger partial charge >= 0.3 is 0 Å². The number of aromatic nitrogens is 3. The van der Waals surface area contributed by atoms with Crippen molar-refractivity contribution < 1.29 is 8.42 Å². The number of anilines is 1. The summed E-state index contributed by atoms with van der Waals surface area (Å²) in [5, 5.41) is 4.05. The number of nitrogens with one attached hydrogen (secondary N) is 1. The Morgan fingerprint density at radius 3 is 2.35 bits per heavy atom. The summed E-state index contributed by atoms with van der Waals surface area (Å²) >= 11 is 0. The highest BCUT2D eigenvalue weighted by atomic mass is 32.2. The molecule has 1 atom stereocenters. The van der Waals surface area contributed by atoms with Gasteiger partial charge < -0.3 is 0 Å². The van der Waals surface area contributed by atoms with Crippen LogP contribution in [0, 0.1) is 0 Å². The molecule has 1 unspecified atom stereocenters. The standard InChI is InChI=1S/C19H22N4O2S/c1-3-15(2)17-6-10-19(11-7-17)26(24,25)22-18-8-4-16(5-9-18)12-23-14-20-13-21-23/h4-11,13-15,22H,3,12H2,1-2H3. The summed E-state index contributed by atoms with van der Waals surface area (Å²) in [4.78, 5) is 4.16. The molecule has 0 aliphatic rings. The van der Waals surface area contributed by atoms with Crippen LogP contribution in [-0.4, -0.2) is 23.2 Å². The monoisotopic (exact) mass is 370 g/mol. The van der Waals surface area contributed by atoms with Crippen molar-refractivity contribution in [1.29, 1.82) is 0 Å². The van der Waals surface area contributed by atoms with E-state index in [1.54, 1.807) is 35.3 Å². The molecule has 136 valence electrons. The second-order valence-corrected chi connectivity index (χ2v) is 7.96. The minimum atomic E-state index is -3.60. The van der Waals surface area contributed by atoms with Crippen LogP contribution in [0.1, 0.15) is 37.3 Å². The first kappa shape index (κ1) is 18.1. The van der Waals surface area contributed by atoms with Crippen molar-refractivity contribution in [3.8, 4) is 0 Å². The van der Waals surface area contributed by atoms with Crippen LogP contribution in [0.5, 0.6) is 0 Å². The van der Waals surface area contributed by atoms with Crippen LogP contribution in [0.15, 0.2) is 66.1 Å². The first-order valence-electron chi connectivity index (χ1n) is 8.52. The Kier molecular flexibility index (Phi) is 5.37. The van der Waals surface area contributed by atoms with Crippen LogP contribution in [0.25, 0.3) is 0 Å². The molecule has 0 amide bonds. The molecule has 3 rings (SSSR count). The molecule has 26 heavy (non-hydrogen) atoms. The summed E-state index contributed by atoms with van der Waals surface area (Å²) in [5.74, 6) is 0.414. The first-order valence-corrected chi connectivity index (χ1v) is 10.0. The van der Waals surface area contributed by atoms with E-state index in [1.165, 1.54) is 6.33 Å². The highest BCUT2D eigenvalue weighted by molar-refractivity contribution is 7.92. The lowest BCUT2D eigenvalue weighted by Gasteiger charge is -2.12. The molecule has 0 spiro atoms. The van der Waals surface area contributed by atoms with Crippen molar-refractivity contribution in [2.75, 3.05) is 4.72 Å². The lowest BCUT2D eigenvalue weighted by molar-refractivity contribution is 0.601. The maximum absolute atomic E-state index is 12.6. The van der Waals surface area contributed by atoms with Crippen LogP contribution in [0.3, 0.4) is 0 Å². The molecule has 7 heteroatoms. The van der Waals surface area contributed by atoms with Crippen molar-refractivity contribution in [1.82, 2.24) is 14.8 Å². The molecular weight excluding hydrogens is 348 g/mol. The van der Waals surface area contributed by atoms with Crippen LogP contribution in [0.4, 0.5) is 5.69 Å². The normalized spacial score (nSPS) is 12.7. The van der Waals surface area contributed by atoms with Gasteiger partial charge in [0.05, 0.1) is 11.4 Å². The molecule has 1 N–H and O–H groups in total. The van der Waals surface area contributed by atoms with Gasteiger partial charge in [0.15, 0.2) is 0 Å². The van der Waals surface area contributed by atoms with Crippen LogP contribution in [-0.2, 0) is 16.6 Å². The lowest BCUT2D eigenvalue weighted by atomic mass is 9.99. The molecule has 1 aromatic heterocycles. The summed E-state index contributed by atoms with van der Waals surface area (Å²) in [6.45, 7) is 4.83. The van der Waals surface area contributed by atoms with Crippen molar-refractivity contribution in [2.45, 2.75) is 37.6 Å². The zero-order valence-corrected chi connectivity index (χ0v) is 15.6. The molecule has 3 aromatic rings. The van der Waals surface area contributed by atoms with E-state index in [0.717, 1.165) is 17.5 Å². The van der Waals surface area contributed by atoms with Crippen LogP contribution >= 0.6 is 0 Å². The Bertz CT molecular complexity index is 934. The summed E-state index contributed by atoms with van der Waals surface area (Å²) in [5.41, 5.74) is 2.68. The topological polar surface area (TPSA) is 76.9 Å². The van der Waals surface area contributed by atoms with Crippen molar-refractivity contribution in [3.63, 3.8) is 0 Å². The second kappa shape index (κ2) is 7.70. The molecular formula is C19H22N4O2S. The summed E-state index contributed by atoms with van der Waals surface area (Å²) in [6.07, 6.45) is 4.14. The van der Waals surface area contributed by atoms with Gasteiger partial charge in [0, 0.05) is 5.69 Å². The molecule has 0 aliphatic carbocycles. The Labute approximate surface area is 154 Å². The number of rotatable bonds is 7. The van der Waals surface area contributed by atoms with Gasteiger partial charge in [-0.15, -0.1) is 0 Å². The minimum Gasteiger partial charge on any atom is -0.280 e. The predicted molar refractivity (Wildman–Crippen MR) is 102 cm³/mol. The molecule has 0 saturated carbocycles. The van der Waals surface area contributed by atoms with Gasteiger partial charge in [0.1, 0.15) is 12.7 Å². The molecule has 6 nitrogen and oxygen atoms in total. The van der Waals surface area contributed by atoms with Crippen LogP contribution in [0.2, 0.25) is 0 Å². The van der Waals surface area contributed by atoms with E-state index in [4.69, 9.17) is 0 Å². The largest absolute Gasteiger partial charge is 0.280 e. The smallest absolute Gasteiger partial charge is 0.261 e. The lowest BCUT2D eigenvalue weighted by Crippen LogP contribution is -2.13. The summed E-state index contributed by atoms with van der Waals surface area (Å²) in [6, 6.07) is 14.3. The third-order valence-electron chi connectivity index (χ3n) is 4.39. The second-order valence-electron chi connectivity index (χ2n) is 6.27. The number of benzene rings is 2. The molecule has 0 fully saturated rings. The first-order chi connectivity index (χ1) is 12.5. The fourth-order valence-electron chi connectivity index (χ4n) is 2.60. The predicted octanol–water partition coefficient (Wildman–Crippen LogP) is 3.64. The fraction of sp³-hybridized carbons (Fsp3) is 0.263. The third-order valence-corrected chi connectivity index (χ3v) is 5.79. The fourth-order valence-corrected chi connectivity index (χ4v) is 3.66. The van der Waals surface area contributed by atoms with E-state index >= 15 is 0 Å². The van der Waals surface area contributed by atoms with Gasteiger partial charge in [-0.2, -0.15) is 5.10 Å². The highest BCUT2D eigenvalue weighted by Crippen LogP contribution is 2.22. The number of hydrogen-bond donors (Lipinski definition) is 1. The van der Waals surface area contributed by atoms with E-state index in [9.17, 15) is 8.42 Å². The number of sulfonamides is 1. The molecule has 1 heterocycles. The molecule has 0 saturated heterocycles. The van der Waals surface area contributed by atoms with Crippen molar-refractivity contribution >= 4 is 15.7 Å². The zero-order valence-electron chi connectivity index (χ0n) is 14.8. The zero-order chi connectivity index (χ0) is 18.6. The van der Waals surface area contributed by atoms with Gasteiger partial charge in [0.2, 0.25) is 0 Å². The average molecular weight is 370 g/mol.